The van der Waals surface area contributed by atoms with E-state index in [4.69, 9.17) is 4.74 Å². The van der Waals surface area contributed by atoms with E-state index < -0.39 is 11.9 Å². The number of ether oxygens (including phenoxy) is 1. The number of amides is 1. The third kappa shape index (κ3) is 6.27. The van der Waals surface area contributed by atoms with Gasteiger partial charge in [0.2, 0.25) is 5.82 Å². The highest BCUT2D eigenvalue weighted by Gasteiger charge is 2.22. The maximum atomic E-state index is 12.6. The van der Waals surface area contributed by atoms with Crippen molar-refractivity contribution in [2.24, 2.45) is 5.92 Å². The van der Waals surface area contributed by atoms with Crippen molar-refractivity contribution < 1.29 is 14.3 Å². The summed E-state index contributed by atoms with van der Waals surface area (Å²) in [6, 6.07) is 15.5. The minimum atomic E-state index is -0.434. The summed E-state index contributed by atoms with van der Waals surface area (Å²) >= 11 is 2.74. The molecule has 4 rings (SSSR count). The van der Waals surface area contributed by atoms with E-state index in [-0.39, 0.29) is 23.3 Å². The molecular weight excluding hydrogens is 508 g/mol. The number of hydrogen-bond acceptors (Lipinski definition) is 8. The minimum absolute atomic E-state index is 0.00380. The van der Waals surface area contributed by atoms with Crippen molar-refractivity contribution in [3.63, 3.8) is 0 Å². The fourth-order valence-electron chi connectivity index (χ4n) is 3.75. The van der Waals surface area contributed by atoms with Gasteiger partial charge in [0.25, 0.3) is 11.5 Å². The first-order chi connectivity index (χ1) is 17.8. The average Bonchev–Trinajstić information content (AvgIpc) is 3.28. The van der Waals surface area contributed by atoms with Gasteiger partial charge in [-0.05, 0) is 70.6 Å². The number of carbonyl (C=O) groups excluding carboxylic acids is 2. The van der Waals surface area contributed by atoms with Gasteiger partial charge in [-0.2, -0.15) is 0 Å². The Bertz CT molecular complexity index is 1480. The summed E-state index contributed by atoms with van der Waals surface area (Å²) in [5.41, 5.74) is 3.49. The minimum Gasteiger partial charge on any atom is -0.468 e. The normalized spacial score (nSPS) is 12.0. The van der Waals surface area contributed by atoms with Crippen LogP contribution >= 0.6 is 23.3 Å². The van der Waals surface area contributed by atoms with Crippen LogP contribution in [0.2, 0.25) is 0 Å². The van der Waals surface area contributed by atoms with Gasteiger partial charge in [-0.25, -0.2) is 9.71 Å². The van der Waals surface area contributed by atoms with Crippen molar-refractivity contribution in [2.45, 2.75) is 38.3 Å². The molecule has 37 heavy (non-hydrogen) atoms. The Labute approximate surface area is 223 Å². The molecule has 4 aromatic rings. The first-order valence-corrected chi connectivity index (χ1v) is 13.4. The van der Waals surface area contributed by atoms with Crippen LogP contribution < -0.4 is 15.6 Å². The number of thiophene rings is 1. The highest BCUT2D eigenvalue weighted by Crippen LogP contribution is 2.25. The molecule has 0 saturated heterocycles. The number of methoxy groups -OCH3 is 1. The zero-order chi connectivity index (χ0) is 26.5. The van der Waals surface area contributed by atoms with E-state index in [0.717, 1.165) is 27.1 Å². The van der Waals surface area contributed by atoms with E-state index in [1.165, 1.54) is 30.4 Å². The Morgan fingerprint density at radius 3 is 2.59 bits per heavy atom. The Hall–Kier alpha value is -3.47. The van der Waals surface area contributed by atoms with Crippen LogP contribution in [-0.2, 0) is 16.1 Å². The Morgan fingerprint density at radius 2 is 1.89 bits per heavy atom. The van der Waals surface area contributed by atoms with Crippen LogP contribution in [0.4, 0.5) is 0 Å². The number of hydrogen-bond donors (Lipinski definition) is 3. The number of nitrogens with zero attached hydrogens (tertiary/aromatic N) is 1. The molecule has 2 heterocycles. The summed E-state index contributed by atoms with van der Waals surface area (Å²) in [6.45, 7) is 6.07. The van der Waals surface area contributed by atoms with Crippen molar-refractivity contribution in [3.05, 3.63) is 81.2 Å². The third-order valence-electron chi connectivity index (χ3n) is 5.84. The Morgan fingerprint density at radius 1 is 1.14 bits per heavy atom. The van der Waals surface area contributed by atoms with E-state index in [1.54, 1.807) is 0 Å². The molecule has 0 radical (unpaired) electrons. The lowest BCUT2D eigenvalue weighted by Gasteiger charge is -2.19. The van der Waals surface area contributed by atoms with Gasteiger partial charge in [-0.1, -0.05) is 44.2 Å². The molecule has 192 valence electrons. The number of fused-ring (bicyclic) bond motifs is 1. The molecule has 0 bridgehead atoms. The van der Waals surface area contributed by atoms with Crippen LogP contribution in [0.1, 0.15) is 35.6 Å². The summed E-state index contributed by atoms with van der Waals surface area (Å²) in [7, 11) is 1.39. The van der Waals surface area contributed by atoms with Crippen molar-refractivity contribution >= 4 is 45.4 Å². The second kappa shape index (κ2) is 11.7. The fourth-order valence-corrected chi connectivity index (χ4v) is 5.58. The van der Waals surface area contributed by atoms with Gasteiger partial charge < -0.3 is 15.0 Å². The van der Waals surface area contributed by atoms with E-state index in [0.29, 0.717) is 16.8 Å². The number of rotatable bonds is 9. The molecule has 0 aliphatic heterocycles. The molecule has 2 aromatic heterocycles. The first kappa shape index (κ1) is 26.6. The number of aromatic amines is 1. The second-order valence-electron chi connectivity index (χ2n) is 8.89. The molecule has 1 unspecified atom stereocenters. The highest BCUT2D eigenvalue weighted by atomic mass is 32.2. The number of nitrogens with one attached hydrogen (secondary N) is 3. The first-order valence-electron chi connectivity index (χ1n) is 11.7. The fraction of sp³-hybridized carbons (Fsp3) is 0.259. The van der Waals surface area contributed by atoms with Crippen LogP contribution in [0.15, 0.2) is 63.6 Å². The van der Waals surface area contributed by atoms with Crippen LogP contribution in [0.25, 0.3) is 21.3 Å². The van der Waals surface area contributed by atoms with Crippen molar-refractivity contribution in [1.29, 1.82) is 0 Å². The quantitative estimate of drug-likeness (QED) is 0.210. The molecule has 3 N–H and O–H groups in total. The van der Waals surface area contributed by atoms with Crippen LogP contribution in [-0.4, -0.2) is 35.0 Å². The largest absolute Gasteiger partial charge is 0.468 e. The van der Waals surface area contributed by atoms with Crippen LogP contribution in [0.5, 0.6) is 0 Å². The second-order valence-corrected chi connectivity index (χ2v) is 10.7. The lowest BCUT2D eigenvalue weighted by atomic mass is 10.0. The predicted octanol–water partition coefficient (Wildman–Crippen LogP) is 4.68. The molecule has 1 atom stereocenters. The van der Waals surface area contributed by atoms with Gasteiger partial charge >= 0.3 is 5.97 Å². The molecule has 0 fully saturated rings. The smallest absolute Gasteiger partial charge is 0.323 e. The Balaban J connectivity index is 1.40. The van der Waals surface area contributed by atoms with Crippen LogP contribution in [0, 0.1) is 12.8 Å². The van der Waals surface area contributed by atoms with E-state index in [9.17, 15) is 14.4 Å². The van der Waals surface area contributed by atoms with Gasteiger partial charge in [-0.3, -0.25) is 14.4 Å². The summed E-state index contributed by atoms with van der Waals surface area (Å²) in [5, 5.41) is 5.22. The maximum absolute atomic E-state index is 12.6. The van der Waals surface area contributed by atoms with Gasteiger partial charge in [0, 0.05) is 11.4 Å². The van der Waals surface area contributed by atoms with E-state index >= 15 is 0 Å². The number of carbonyl (C=O) groups is 2. The van der Waals surface area contributed by atoms with E-state index in [2.05, 4.69) is 20.0 Å². The standard InChI is InChI=1S/C27H28N4O4S2/c1-15(2)22(27(34)35-4)31-37-20-10-8-18(9-11-20)19-7-5-6-17(12-19)13-28-25(33)23-29-24(32)21-16(3)14-36-26(21)30-23/h5-12,14-15,22,31H,13H2,1-4H3,(H,28,33)(H,29,30,32). The summed E-state index contributed by atoms with van der Waals surface area (Å²) in [5.74, 6) is -0.617. The number of esters is 1. The van der Waals surface area contributed by atoms with Gasteiger partial charge in [-0.15, -0.1) is 11.3 Å². The number of aryl methyl sites for hydroxylation is 1. The molecule has 1 amide bonds. The molecule has 2 aromatic carbocycles. The Kier molecular flexibility index (Phi) is 8.42. The lowest BCUT2D eigenvalue weighted by Crippen LogP contribution is -2.37. The number of benzene rings is 2. The average molecular weight is 537 g/mol. The molecule has 0 aliphatic rings. The lowest BCUT2D eigenvalue weighted by molar-refractivity contribution is -0.143. The molecule has 0 saturated carbocycles. The summed E-state index contributed by atoms with van der Waals surface area (Å²) in [4.78, 5) is 45.4. The topological polar surface area (TPSA) is 113 Å². The third-order valence-corrected chi connectivity index (χ3v) is 7.71. The van der Waals surface area contributed by atoms with Crippen molar-refractivity contribution in [2.75, 3.05) is 7.11 Å². The van der Waals surface area contributed by atoms with Gasteiger partial charge in [0.1, 0.15) is 10.9 Å². The molecule has 10 heteroatoms. The molecule has 0 aliphatic carbocycles. The van der Waals surface area contributed by atoms with Crippen molar-refractivity contribution in [3.8, 4) is 11.1 Å². The van der Waals surface area contributed by atoms with Gasteiger partial charge in [0.05, 0.1) is 12.5 Å². The highest BCUT2D eigenvalue weighted by molar-refractivity contribution is 7.97. The SMILES string of the molecule is COC(=O)C(NSc1ccc(-c2cccc(CNC(=O)c3nc4scc(C)c4c(=O)[nH]3)c2)cc1)C(C)C. The number of aromatic nitrogens is 2. The maximum Gasteiger partial charge on any atom is 0.323 e. The molecule has 8 nitrogen and oxygen atoms in total. The zero-order valence-corrected chi connectivity index (χ0v) is 22.6. The predicted molar refractivity (Wildman–Crippen MR) is 148 cm³/mol. The number of H-pyrrole nitrogens is 1. The summed E-state index contributed by atoms with van der Waals surface area (Å²) in [6.07, 6.45) is 0. The monoisotopic (exact) mass is 536 g/mol. The van der Waals surface area contributed by atoms with E-state index in [1.807, 2.05) is 74.7 Å². The molecular formula is C27H28N4O4S2. The summed E-state index contributed by atoms with van der Waals surface area (Å²) < 4.78 is 8.06. The van der Waals surface area contributed by atoms with Crippen LogP contribution in [0.3, 0.4) is 0 Å². The van der Waals surface area contributed by atoms with Crippen molar-refractivity contribution in [1.82, 2.24) is 20.0 Å². The molecule has 0 spiro atoms. The zero-order valence-electron chi connectivity index (χ0n) is 21.0. The van der Waals surface area contributed by atoms with Gasteiger partial charge in [0.15, 0.2) is 0 Å².